The molecular formula is C19H37N3. The minimum absolute atomic E-state index is 0.355. The molecule has 0 unspecified atom stereocenters. The van der Waals surface area contributed by atoms with E-state index in [1.165, 1.54) is 58.7 Å². The van der Waals surface area contributed by atoms with E-state index in [0.717, 1.165) is 5.92 Å². The summed E-state index contributed by atoms with van der Waals surface area (Å²) in [5, 5.41) is 0. The van der Waals surface area contributed by atoms with Crippen LogP contribution in [0.1, 0.15) is 54.4 Å². The van der Waals surface area contributed by atoms with Crippen molar-refractivity contribution in [2.45, 2.75) is 65.5 Å². The molecule has 0 bridgehead atoms. The standard InChI is InChI=1S/C19H37N3/c1-17(2,3)21-9-7-16(8-10-21)11-20-12-19(13-20)14-22(15-19)18(4,5)6/h16H,7-15H2,1-6H3. The molecule has 0 aromatic carbocycles. The molecule has 0 aliphatic carbocycles. The normalized spacial score (nSPS) is 28.6. The molecule has 3 fully saturated rings. The van der Waals surface area contributed by atoms with Crippen LogP contribution in [0.25, 0.3) is 0 Å². The zero-order valence-corrected chi connectivity index (χ0v) is 15.8. The first kappa shape index (κ1) is 16.7. The summed E-state index contributed by atoms with van der Waals surface area (Å²) in [4.78, 5) is 8.04. The molecule has 3 nitrogen and oxygen atoms in total. The van der Waals surface area contributed by atoms with Crippen LogP contribution >= 0.6 is 0 Å². The number of likely N-dealkylation sites (tertiary alicyclic amines) is 3. The maximum Gasteiger partial charge on any atom is 0.0212 e. The number of piperidine rings is 1. The zero-order chi connectivity index (χ0) is 16.2. The molecule has 3 heterocycles. The summed E-state index contributed by atoms with van der Waals surface area (Å²) in [7, 11) is 0. The van der Waals surface area contributed by atoms with Crippen LogP contribution in [0.4, 0.5) is 0 Å². The molecule has 0 amide bonds. The van der Waals surface area contributed by atoms with Gasteiger partial charge in [0.15, 0.2) is 0 Å². The monoisotopic (exact) mass is 307 g/mol. The second-order valence-corrected chi connectivity index (χ2v) is 10.3. The van der Waals surface area contributed by atoms with E-state index in [0.29, 0.717) is 16.5 Å². The Morgan fingerprint density at radius 2 is 1.27 bits per heavy atom. The fourth-order valence-electron chi connectivity index (χ4n) is 4.62. The second-order valence-electron chi connectivity index (χ2n) is 10.3. The van der Waals surface area contributed by atoms with E-state index >= 15 is 0 Å². The van der Waals surface area contributed by atoms with Gasteiger partial charge in [-0.3, -0.25) is 9.80 Å². The molecule has 0 radical (unpaired) electrons. The molecule has 128 valence electrons. The van der Waals surface area contributed by atoms with Crippen LogP contribution in [0.15, 0.2) is 0 Å². The van der Waals surface area contributed by atoms with Crippen LogP contribution in [-0.4, -0.2) is 71.6 Å². The number of hydrogen-bond donors (Lipinski definition) is 0. The van der Waals surface area contributed by atoms with Crippen molar-refractivity contribution < 1.29 is 0 Å². The van der Waals surface area contributed by atoms with Crippen molar-refractivity contribution >= 4 is 0 Å². The molecule has 3 heteroatoms. The maximum absolute atomic E-state index is 2.73. The molecule has 3 rings (SSSR count). The van der Waals surface area contributed by atoms with Crippen molar-refractivity contribution in [2.75, 3.05) is 45.8 Å². The van der Waals surface area contributed by atoms with Crippen molar-refractivity contribution in [1.29, 1.82) is 0 Å². The van der Waals surface area contributed by atoms with Crippen molar-refractivity contribution in [3.8, 4) is 0 Å². The first-order chi connectivity index (χ1) is 10.1. The first-order valence-corrected chi connectivity index (χ1v) is 9.30. The van der Waals surface area contributed by atoms with E-state index in [2.05, 4.69) is 56.2 Å². The number of rotatable bonds is 2. The summed E-state index contributed by atoms with van der Waals surface area (Å²) >= 11 is 0. The van der Waals surface area contributed by atoms with Crippen LogP contribution in [-0.2, 0) is 0 Å². The molecule has 1 spiro atoms. The van der Waals surface area contributed by atoms with Gasteiger partial charge in [0.2, 0.25) is 0 Å². The van der Waals surface area contributed by atoms with Crippen LogP contribution in [0.2, 0.25) is 0 Å². The Bertz CT molecular complexity index is 382. The van der Waals surface area contributed by atoms with Gasteiger partial charge in [0.25, 0.3) is 0 Å². The third kappa shape index (κ3) is 3.37. The molecule has 3 aliphatic rings. The summed E-state index contributed by atoms with van der Waals surface area (Å²) in [6.07, 6.45) is 2.80. The van der Waals surface area contributed by atoms with Gasteiger partial charge in [0.1, 0.15) is 0 Å². The summed E-state index contributed by atoms with van der Waals surface area (Å²) in [5.41, 5.74) is 1.39. The van der Waals surface area contributed by atoms with E-state index in [1.807, 2.05) is 0 Å². The molecule has 0 aromatic rings. The second kappa shape index (κ2) is 5.46. The summed E-state index contributed by atoms with van der Waals surface area (Å²) < 4.78 is 0. The van der Waals surface area contributed by atoms with Gasteiger partial charge in [0.05, 0.1) is 0 Å². The summed E-state index contributed by atoms with van der Waals surface area (Å²) in [5.74, 6) is 0.940. The third-order valence-electron chi connectivity index (χ3n) is 6.20. The molecular weight excluding hydrogens is 270 g/mol. The van der Waals surface area contributed by atoms with Gasteiger partial charge in [-0.25, -0.2) is 0 Å². The Morgan fingerprint density at radius 1 is 0.773 bits per heavy atom. The SMILES string of the molecule is CC(C)(C)N1CCC(CN2CC3(C2)CN(C(C)(C)C)C3)CC1. The fourth-order valence-corrected chi connectivity index (χ4v) is 4.62. The molecule has 3 aliphatic heterocycles. The molecule has 3 saturated heterocycles. The van der Waals surface area contributed by atoms with Gasteiger partial charge in [-0.2, -0.15) is 0 Å². The first-order valence-electron chi connectivity index (χ1n) is 9.30. The largest absolute Gasteiger partial charge is 0.302 e. The average Bonchev–Trinajstić information content (AvgIpc) is 2.28. The lowest BCUT2D eigenvalue weighted by atomic mass is 9.70. The summed E-state index contributed by atoms with van der Waals surface area (Å²) in [6.45, 7) is 23.4. The lowest BCUT2D eigenvalue weighted by molar-refractivity contribution is -0.148. The highest BCUT2D eigenvalue weighted by molar-refractivity contribution is 5.08. The van der Waals surface area contributed by atoms with Crippen molar-refractivity contribution in [3.63, 3.8) is 0 Å². The predicted molar refractivity (Wildman–Crippen MR) is 94.2 cm³/mol. The minimum atomic E-state index is 0.355. The van der Waals surface area contributed by atoms with Crippen LogP contribution < -0.4 is 0 Å². The van der Waals surface area contributed by atoms with E-state index in [1.54, 1.807) is 0 Å². The quantitative estimate of drug-likeness (QED) is 0.777. The van der Waals surface area contributed by atoms with E-state index in [4.69, 9.17) is 0 Å². The fraction of sp³-hybridized carbons (Fsp3) is 1.00. The zero-order valence-electron chi connectivity index (χ0n) is 15.8. The lowest BCUT2D eigenvalue weighted by Crippen LogP contribution is -2.75. The Kier molecular flexibility index (Phi) is 4.15. The minimum Gasteiger partial charge on any atom is -0.302 e. The number of nitrogens with zero attached hydrogens (tertiary/aromatic N) is 3. The Morgan fingerprint density at radius 3 is 1.73 bits per heavy atom. The third-order valence-corrected chi connectivity index (χ3v) is 6.20. The molecule has 0 aromatic heterocycles. The molecule has 0 N–H and O–H groups in total. The number of hydrogen-bond acceptors (Lipinski definition) is 3. The van der Waals surface area contributed by atoms with E-state index < -0.39 is 0 Å². The van der Waals surface area contributed by atoms with Gasteiger partial charge >= 0.3 is 0 Å². The van der Waals surface area contributed by atoms with Crippen molar-refractivity contribution in [3.05, 3.63) is 0 Å². The van der Waals surface area contributed by atoms with Gasteiger partial charge < -0.3 is 4.90 Å². The van der Waals surface area contributed by atoms with Gasteiger partial charge in [0, 0.05) is 49.2 Å². The molecule has 0 atom stereocenters. The molecule has 22 heavy (non-hydrogen) atoms. The van der Waals surface area contributed by atoms with Crippen molar-refractivity contribution in [2.24, 2.45) is 11.3 Å². The maximum atomic E-state index is 2.73. The average molecular weight is 308 g/mol. The Hall–Kier alpha value is -0.120. The summed E-state index contributed by atoms with van der Waals surface area (Å²) in [6, 6.07) is 0. The van der Waals surface area contributed by atoms with Gasteiger partial charge in [-0.1, -0.05) is 0 Å². The van der Waals surface area contributed by atoms with Crippen LogP contribution in [0.5, 0.6) is 0 Å². The highest BCUT2D eigenvalue weighted by Gasteiger charge is 2.53. The van der Waals surface area contributed by atoms with Crippen LogP contribution in [0, 0.1) is 11.3 Å². The molecule has 0 saturated carbocycles. The predicted octanol–water partition coefficient (Wildman–Crippen LogP) is 2.91. The van der Waals surface area contributed by atoms with Crippen LogP contribution in [0.3, 0.4) is 0 Å². The Labute approximate surface area is 138 Å². The lowest BCUT2D eigenvalue weighted by Gasteiger charge is -2.64. The topological polar surface area (TPSA) is 9.72 Å². The van der Waals surface area contributed by atoms with E-state index in [9.17, 15) is 0 Å². The highest BCUT2D eigenvalue weighted by Crippen LogP contribution is 2.43. The van der Waals surface area contributed by atoms with E-state index in [-0.39, 0.29) is 0 Å². The van der Waals surface area contributed by atoms with Crippen molar-refractivity contribution in [1.82, 2.24) is 14.7 Å². The van der Waals surface area contributed by atoms with Gasteiger partial charge in [-0.05, 0) is 73.4 Å². The Balaban J connectivity index is 1.36. The van der Waals surface area contributed by atoms with Gasteiger partial charge in [-0.15, -0.1) is 0 Å². The highest BCUT2D eigenvalue weighted by atomic mass is 15.3. The smallest absolute Gasteiger partial charge is 0.0212 e.